The Bertz CT molecular complexity index is 948. The van der Waals surface area contributed by atoms with Crippen molar-refractivity contribution < 1.29 is 8.42 Å². The van der Waals surface area contributed by atoms with Crippen molar-refractivity contribution in [1.29, 1.82) is 0 Å². The van der Waals surface area contributed by atoms with Crippen molar-refractivity contribution in [3.63, 3.8) is 0 Å². The Labute approximate surface area is 135 Å². The normalized spacial score (nSPS) is 11.6. The second kappa shape index (κ2) is 5.92. The van der Waals surface area contributed by atoms with Crippen molar-refractivity contribution in [2.75, 3.05) is 16.3 Å². The minimum Gasteiger partial charge on any atom is -0.381 e. The number of hydrogen-bond donors (Lipinski definition) is 3. The molecule has 0 fully saturated rings. The van der Waals surface area contributed by atoms with E-state index in [0.29, 0.717) is 12.2 Å². The molecule has 120 valence electrons. The molecule has 3 aromatic rings. The Morgan fingerprint density at radius 3 is 2.83 bits per heavy atom. The number of nitrogens with zero attached hydrogens (tertiary/aromatic N) is 1. The molecule has 0 aliphatic carbocycles. The van der Waals surface area contributed by atoms with Crippen molar-refractivity contribution in [2.24, 2.45) is 0 Å². The SMILES string of the molecule is Cc1ccc(NCc2cccc3cn[nH]c23)cc1NS(C)(=O)=O. The molecule has 0 saturated heterocycles. The van der Waals surface area contributed by atoms with Gasteiger partial charge in [-0.05, 0) is 30.2 Å². The molecule has 2 aromatic carbocycles. The Kier molecular flexibility index (Phi) is 3.96. The van der Waals surface area contributed by atoms with Crippen LogP contribution < -0.4 is 10.0 Å². The van der Waals surface area contributed by atoms with Gasteiger partial charge in [0.25, 0.3) is 0 Å². The van der Waals surface area contributed by atoms with Crippen LogP contribution >= 0.6 is 0 Å². The summed E-state index contributed by atoms with van der Waals surface area (Å²) in [6, 6.07) is 11.6. The van der Waals surface area contributed by atoms with Crippen LogP contribution in [0.4, 0.5) is 11.4 Å². The number of benzene rings is 2. The molecule has 23 heavy (non-hydrogen) atoms. The summed E-state index contributed by atoms with van der Waals surface area (Å²) in [5.41, 5.74) is 4.40. The van der Waals surface area contributed by atoms with Crippen molar-refractivity contribution in [3.05, 3.63) is 53.7 Å². The number of nitrogens with one attached hydrogen (secondary N) is 3. The van der Waals surface area contributed by atoms with E-state index >= 15 is 0 Å². The number of aryl methyl sites for hydroxylation is 1. The maximum atomic E-state index is 11.4. The van der Waals surface area contributed by atoms with E-state index in [-0.39, 0.29) is 0 Å². The number of sulfonamides is 1. The molecule has 1 heterocycles. The van der Waals surface area contributed by atoms with E-state index in [4.69, 9.17) is 0 Å². The van der Waals surface area contributed by atoms with Gasteiger partial charge in [0.15, 0.2) is 0 Å². The highest BCUT2D eigenvalue weighted by Gasteiger charge is 2.07. The highest BCUT2D eigenvalue weighted by Crippen LogP contribution is 2.23. The summed E-state index contributed by atoms with van der Waals surface area (Å²) >= 11 is 0. The number of aromatic nitrogens is 2. The summed E-state index contributed by atoms with van der Waals surface area (Å²) in [6.45, 7) is 2.48. The first-order chi connectivity index (χ1) is 10.9. The zero-order valence-electron chi connectivity index (χ0n) is 12.9. The molecule has 6 nitrogen and oxygen atoms in total. The van der Waals surface area contributed by atoms with Crippen LogP contribution in [0.25, 0.3) is 10.9 Å². The molecular weight excluding hydrogens is 312 g/mol. The minimum absolute atomic E-state index is 0.581. The van der Waals surface area contributed by atoms with Gasteiger partial charge in [0.2, 0.25) is 10.0 Å². The Balaban J connectivity index is 1.81. The van der Waals surface area contributed by atoms with Gasteiger partial charge in [-0.3, -0.25) is 9.82 Å². The van der Waals surface area contributed by atoms with E-state index < -0.39 is 10.0 Å². The number of para-hydroxylation sites is 1. The van der Waals surface area contributed by atoms with E-state index in [0.717, 1.165) is 34.0 Å². The monoisotopic (exact) mass is 330 g/mol. The van der Waals surface area contributed by atoms with Crippen molar-refractivity contribution in [2.45, 2.75) is 13.5 Å². The molecule has 0 unspecified atom stereocenters. The summed E-state index contributed by atoms with van der Waals surface area (Å²) in [4.78, 5) is 0. The zero-order chi connectivity index (χ0) is 16.4. The van der Waals surface area contributed by atoms with E-state index in [9.17, 15) is 8.42 Å². The van der Waals surface area contributed by atoms with E-state index in [1.54, 1.807) is 12.3 Å². The first kappa shape index (κ1) is 15.4. The lowest BCUT2D eigenvalue weighted by Gasteiger charge is -2.12. The maximum absolute atomic E-state index is 11.4. The Hall–Kier alpha value is -2.54. The third-order valence-electron chi connectivity index (χ3n) is 3.58. The second-order valence-electron chi connectivity index (χ2n) is 5.51. The molecule has 3 rings (SSSR count). The number of aromatic amines is 1. The van der Waals surface area contributed by atoms with Gasteiger partial charge in [-0.25, -0.2) is 8.42 Å². The van der Waals surface area contributed by atoms with Crippen LogP contribution in [0, 0.1) is 6.92 Å². The minimum atomic E-state index is -3.30. The first-order valence-electron chi connectivity index (χ1n) is 7.16. The molecule has 0 aliphatic rings. The molecule has 0 atom stereocenters. The predicted molar refractivity (Wildman–Crippen MR) is 93.1 cm³/mol. The number of anilines is 2. The first-order valence-corrected chi connectivity index (χ1v) is 9.05. The molecule has 3 N–H and O–H groups in total. The molecule has 7 heteroatoms. The lowest BCUT2D eigenvalue weighted by molar-refractivity contribution is 0.607. The Morgan fingerprint density at radius 2 is 2.04 bits per heavy atom. The average Bonchev–Trinajstić information content (AvgIpc) is 2.95. The van der Waals surface area contributed by atoms with Gasteiger partial charge >= 0.3 is 0 Å². The molecule has 0 amide bonds. The number of rotatable bonds is 5. The van der Waals surface area contributed by atoms with Crippen LogP contribution in [0.3, 0.4) is 0 Å². The van der Waals surface area contributed by atoms with Crippen molar-refractivity contribution in [3.8, 4) is 0 Å². The lowest BCUT2D eigenvalue weighted by atomic mass is 10.1. The fourth-order valence-corrected chi connectivity index (χ4v) is 3.04. The third-order valence-corrected chi connectivity index (χ3v) is 4.17. The van der Waals surface area contributed by atoms with Gasteiger partial charge in [-0.2, -0.15) is 5.10 Å². The summed E-state index contributed by atoms with van der Waals surface area (Å²) in [5.74, 6) is 0. The molecule has 0 spiro atoms. The zero-order valence-corrected chi connectivity index (χ0v) is 13.7. The maximum Gasteiger partial charge on any atom is 0.229 e. The summed E-state index contributed by atoms with van der Waals surface area (Å²) in [6.07, 6.45) is 2.93. The van der Waals surface area contributed by atoms with E-state index in [2.05, 4.69) is 20.2 Å². The standard InChI is InChI=1S/C16H18N4O2S/c1-11-6-7-14(8-15(11)20-23(2,21)22)17-9-12-4-3-5-13-10-18-19-16(12)13/h3-8,10,17,20H,9H2,1-2H3,(H,18,19). The quantitative estimate of drug-likeness (QED) is 0.671. The van der Waals surface area contributed by atoms with Crippen LogP contribution in [-0.2, 0) is 16.6 Å². The third kappa shape index (κ3) is 3.62. The average molecular weight is 330 g/mol. The molecular formula is C16H18N4O2S. The Morgan fingerprint density at radius 1 is 1.22 bits per heavy atom. The molecule has 0 aliphatic heterocycles. The topological polar surface area (TPSA) is 86.9 Å². The fraction of sp³-hybridized carbons (Fsp3) is 0.188. The van der Waals surface area contributed by atoms with Gasteiger partial charge in [0.1, 0.15) is 0 Å². The lowest BCUT2D eigenvalue weighted by Crippen LogP contribution is -2.11. The predicted octanol–water partition coefficient (Wildman–Crippen LogP) is 2.85. The largest absolute Gasteiger partial charge is 0.381 e. The van der Waals surface area contributed by atoms with Crippen LogP contribution in [0.15, 0.2) is 42.6 Å². The smallest absolute Gasteiger partial charge is 0.229 e. The van der Waals surface area contributed by atoms with E-state index in [1.807, 2.05) is 37.3 Å². The van der Waals surface area contributed by atoms with Crippen LogP contribution in [0.1, 0.15) is 11.1 Å². The van der Waals surface area contributed by atoms with Gasteiger partial charge in [-0.1, -0.05) is 24.3 Å². The van der Waals surface area contributed by atoms with Crippen LogP contribution in [-0.4, -0.2) is 24.9 Å². The molecule has 0 radical (unpaired) electrons. The van der Waals surface area contributed by atoms with E-state index in [1.165, 1.54) is 0 Å². The summed E-state index contributed by atoms with van der Waals surface area (Å²) < 4.78 is 25.4. The van der Waals surface area contributed by atoms with Gasteiger partial charge in [-0.15, -0.1) is 0 Å². The van der Waals surface area contributed by atoms with Crippen molar-refractivity contribution >= 4 is 32.3 Å². The molecule has 0 saturated carbocycles. The van der Waals surface area contributed by atoms with Gasteiger partial charge in [0.05, 0.1) is 23.7 Å². The van der Waals surface area contributed by atoms with Gasteiger partial charge in [0, 0.05) is 17.6 Å². The van der Waals surface area contributed by atoms with Crippen LogP contribution in [0.2, 0.25) is 0 Å². The number of H-pyrrole nitrogens is 1. The van der Waals surface area contributed by atoms with Crippen molar-refractivity contribution in [1.82, 2.24) is 10.2 Å². The summed E-state index contributed by atoms with van der Waals surface area (Å²) in [5, 5.41) is 11.4. The fourth-order valence-electron chi connectivity index (χ4n) is 2.42. The number of hydrogen-bond acceptors (Lipinski definition) is 4. The highest BCUT2D eigenvalue weighted by molar-refractivity contribution is 7.92. The summed E-state index contributed by atoms with van der Waals surface area (Å²) in [7, 11) is -3.30. The van der Waals surface area contributed by atoms with Crippen LogP contribution in [0.5, 0.6) is 0 Å². The highest BCUT2D eigenvalue weighted by atomic mass is 32.2. The molecule has 1 aromatic heterocycles. The van der Waals surface area contributed by atoms with Gasteiger partial charge < -0.3 is 5.32 Å². The second-order valence-corrected chi connectivity index (χ2v) is 7.26. The number of fused-ring (bicyclic) bond motifs is 1. The molecule has 0 bridgehead atoms.